The van der Waals surface area contributed by atoms with Crippen molar-refractivity contribution in [3.8, 4) is 0 Å². The molecule has 0 radical (unpaired) electrons. The van der Waals surface area contributed by atoms with E-state index in [1.807, 2.05) is 0 Å². The maximum Gasteiger partial charge on any atom is 0.345 e. The lowest BCUT2D eigenvalue weighted by Gasteiger charge is -2.06. The summed E-state index contributed by atoms with van der Waals surface area (Å²) >= 11 is 0. The summed E-state index contributed by atoms with van der Waals surface area (Å²) in [6, 6.07) is 2.24. The van der Waals surface area contributed by atoms with Crippen molar-refractivity contribution in [2.75, 3.05) is 7.11 Å². The molecular formula is C9H7F3O2. The highest BCUT2D eigenvalue weighted by Crippen LogP contribution is 2.22. The molecule has 0 saturated carbocycles. The summed E-state index contributed by atoms with van der Waals surface area (Å²) in [5.74, 6) is -3.15. The Labute approximate surface area is 78.3 Å². The Morgan fingerprint density at radius 1 is 1.43 bits per heavy atom. The molecule has 0 fully saturated rings. The van der Waals surface area contributed by atoms with E-state index in [2.05, 4.69) is 4.74 Å². The Hall–Kier alpha value is -1.52. The molecule has 0 spiro atoms. The monoisotopic (exact) mass is 204 g/mol. The fourth-order valence-corrected chi connectivity index (χ4v) is 0.937. The Morgan fingerprint density at radius 2 is 2.07 bits per heavy atom. The lowest BCUT2D eigenvalue weighted by atomic mass is 10.1. The maximum absolute atomic E-state index is 13.1. The molecule has 0 aromatic heterocycles. The van der Waals surface area contributed by atoms with E-state index in [-0.39, 0.29) is 0 Å². The van der Waals surface area contributed by atoms with Crippen LogP contribution in [0.2, 0.25) is 0 Å². The molecule has 0 bridgehead atoms. The van der Waals surface area contributed by atoms with E-state index in [1.165, 1.54) is 0 Å². The van der Waals surface area contributed by atoms with E-state index in [4.69, 9.17) is 0 Å². The van der Waals surface area contributed by atoms with Crippen LogP contribution < -0.4 is 0 Å². The number of alkyl halides is 1. The average molecular weight is 204 g/mol. The van der Waals surface area contributed by atoms with Gasteiger partial charge in [-0.05, 0) is 12.1 Å². The molecule has 14 heavy (non-hydrogen) atoms. The van der Waals surface area contributed by atoms with Gasteiger partial charge in [-0.25, -0.2) is 18.0 Å². The number of ether oxygens (including phenoxy) is 1. The molecule has 0 heterocycles. The number of rotatable bonds is 2. The zero-order chi connectivity index (χ0) is 10.7. The molecule has 1 rings (SSSR count). The summed E-state index contributed by atoms with van der Waals surface area (Å²) in [5, 5.41) is 0. The number of esters is 1. The normalized spacial score (nSPS) is 12.3. The third-order valence-electron chi connectivity index (χ3n) is 1.64. The molecule has 1 aromatic carbocycles. The third-order valence-corrected chi connectivity index (χ3v) is 1.64. The van der Waals surface area contributed by atoms with Crippen LogP contribution in [0.5, 0.6) is 0 Å². The zero-order valence-corrected chi connectivity index (χ0v) is 7.26. The standard InChI is InChI=1S/C9H7F3O2/c1-14-9(13)8(12)6-3-2-5(10)4-7(6)11/h2-4,8H,1H3. The molecule has 1 aromatic rings. The predicted molar refractivity (Wildman–Crippen MR) is 42.2 cm³/mol. The Bertz CT molecular complexity index is 352. The quantitative estimate of drug-likeness (QED) is 0.690. The number of halogens is 3. The Balaban J connectivity index is 3.01. The molecule has 1 unspecified atom stereocenters. The summed E-state index contributed by atoms with van der Waals surface area (Å²) in [6.07, 6.45) is -2.22. The Morgan fingerprint density at radius 3 is 2.57 bits per heavy atom. The second-order valence-electron chi connectivity index (χ2n) is 2.55. The van der Waals surface area contributed by atoms with Gasteiger partial charge in [0.2, 0.25) is 6.17 Å². The first-order valence-corrected chi connectivity index (χ1v) is 3.73. The number of methoxy groups -OCH3 is 1. The molecule has 0 N–H and O–H groups in total. The van der Waals surface area contributed by atoms with Gasteiger partial charge in [-0.3, -0.25) is 0 Å². The van der Waals surface area contributed by atoms with Crippen LogP contribution in [0.4, 0.5) is 13.2 Å². The van der Waals surface area contributed by atoms with Crippen LogP contribution in [0.3, 0.4) is 0 Å². The van der Waals surface area contributed by atoms with E-state index in [0.717, 1.165) is 19.2 Å². The van der Waals surface area contributed by atoms with E-state index < -0.39 is 29.3 Å². The fourth-order valence-electron chi connectivity index (χ4n) is 0.937. The maximum atomic E-state index is 13.1. The molecule has 0 amide bonds. The molecule has 0 aliphatic rings. The van der Waals surface area contributed by atoms with Gasteiger partial charge >= 0.3 is 5.97 Å². The van der Waals surface area contributed by atoms with Crippen molar-refractivity contribution >= 4 is 5.97 Å². The fraction of sp³-hybridized carbons (Fsp3) is 0.222. The minimum atomic E-state index is -2.22. The molecule has 0 aliphatic heterocycles. The van der Waals surface area contributed by atoms with Crippen molar-refractivity contribution in [2.24, 2.45) is 0 Å². The van der Waals surface area contributed by atoms with Crippen LogP contribution >= 0.6 is 0 Å². The molecule has 76 valence electrons. The SMILES string of the molecule is COC(=O)C(F)c1ccc(F)cc1F. The molecular weight excluding hydrogens is 197 g/mol. The summed E-state index contributed by atoms with van der Waals surface area (Å²) in [7, 11) is 0.982. The topological polar surface area (TPSA) is 26.3 Å². The largest absolute Gasteiger partial charge is 0.467 e. The summed E-state index contributed by atoms with van der Waals surface area (Å²) < 4.78 is 42.5. The summed E-state index contributed by atoms with van der Waals surface area (Å²) in [5.41, 5.74) is -0.529. The second kappa shape index (κ2) is 4.13. The minimum absolute atomic E-state index is 0.505. The van der Waals surface area contributed by atoms with Gasteiger partial charge in [-0.2, -0.15) is 0 Å². The first-order valence-electron chi connectivity index (χ1n) is 3.73. The van der Waals surface area contributed by atoms with Crippen molar-refractivity contribution in [2.45, 2.75) is 6.17 Å². The van der Waals surface area contributed by atoms with Gasteiger partial charge in [0.05, 0.1) is 7.11 Å². The number of hydrogen-bond acceptors (Lipinski definition) is 2. The first kappa shape index (κ1) is 10.6. The molecule has 0 saturated heterocycles. The Kier molecular flexibility index (Phi) is 3.11. The average Bonchev–Trinajstić information content (AvgIpc) is 2.15. The van der Waals surface area contributed by atoms with Gasteiger partial charge in [0, 0.05) is 11.6 Å². The first-order chi connectivity index (χ1) is 6.56. The zero-order valence-electron chi connectivity index (χ0n) is 7.26. The molecule has 5 heteroatoms. The van der Waals surface area contributed by atoms with Crippen molar-refractivity contribution < 1.29 is 22.7 Å². The van der Waals surface area contributed by atoms with E-state index in [1.54, 1.807) is 0 Å². The highest BCUT2D eigenvalue weighted by Gasteiger charge is 2.23. The molecule has 0 aliphatic carbocycles. The van der Waals surface area contributed by atoms with Crippen LogP contribution in [-0.4, -0.2) is 13.1 Å². The van der Waals surface area contributed by atoms with Gasteiger partial charge in [0.1, 0.15) is 11.6 Å². The highest BCUT2D eigenvalue weighted by molar-refractivity contribution is 5.76. The van der Waals surface area contributed by atoms with Crippen molar-refractivity contribution in [3.05, 3.63) is 35.4 Å². The smallest absolute Gasteiger partial charge is 0.345 e. The van der Waals surface area contributed by atoms with Gasteiger partial charge in [-0.15, -0.1) is 0 Å². The number of carbonyl (C=O) groups is 1. The third kappa shape index (κ3) is 2.04. The summed E-state index contributed by atoms with van der Waals surface area (Å²) in [4.78, 5) is 10.7. The number of hydrogen-bond donors (Lipinski definition) is 0. The summed E-state index contributed by atoms with van der Waals surface area (Å²) in [6.45, 7) is 0. The van der Waals surface area contributed by atoms with Crippen LogP contribution in [0, 0.1) is 11.6 Å². The van der Waals surface area contributed by atoms with Crippen molar-refractivity contribution in [1.82, 2.24) is 0 Å². The van der Waals surface area contributed by atoms with Gasteiger partial charge in [0.15, 0.2) is 0 Å². The molecule has 2 nitrogen and oxygen atoms in total. The van der Waals surface area contributed by atoms with Crippen LogP contribution in [0.15, 0.2) is 18.2 Å². The lowest BCUT2D eigenvalue weighted by molar-refractivity contribution is -0.146. The van der Waals surface area contributed by atoms with Crippen LogP contribution in [-0.2, 0) is 9.53 Å². The minimum Gasteiger partial charge on any atom is -0.467 e. The molecule has 1 atom stereocenters. The highest BCUT2D eigenvalue weighted by atomic mass is 19.1. The predicted octanol–water partition coefficient (Wildman–Crippen LogP) is 2.15. The number of carbonyl (C=O) groups excluding carboxylic acids is 1. The lowest BCUT2D eigenvalue weighted by Crippen LogP contribution is -2.11. The van der Waals surface area contributed by atoms with Gasteiger partial charge in [0.25, 0.3) is 0 Å². The van der Waals surface area contributed by atoms with E-state index >= 15 is 0 Å². The van der Waals surface area contributed by atoms with Gasteiger partial charge < -0.3 is 4.74 Å². The van der Waals surface area contributed by atoms with Crippen LogP contribution in [0.25, 0.3) is 0 Å². The van der Waals surface area contributed by atoms with E-state index in [0.29, 0.717) is 6.07 Å². The van der Waals surface area contributed by atoms with Crippen LogP contribution in [0.1, 0.15) is 11.7 Å². The number of benzene rings is 1. The van der Waals surface area contributed by atoms with Gasteiger partial charge in [-0.1, -0.05) is 0 Å². The van der Waals surface area contributed by atoms with Crippen molar-refractivity contribution in [1.29, 1.82) is 0 Å². The second-order valence-corrected chi connectivity index (χ2v) is 2.55. The van der Waals surface area contributed by atoms with Crippen molar-refractivity contribution in [3.63, 3.8) is 0 Å². The van der Waals surface area contributed by atoms with E-state index in [9.17, 15) is 18.0 Å².